The molecule has 4 heteroatoms. The minimum atomic E-state index is 0. The molecule has 1 aliphatic heterocycles. The highest BCUT2D eigenvalue weighted by Gasteiger charge is 2.14. The van der Waals surface area contributed by atoms with Crippen LogP contribution in [0.5, 0.6) is 11.5 Å². The summed E-state index contributed by atoms with van der Waals surface area (Å²) in [6.45, 7) is 8.07. The smallest absolute Gasteiger partial charge is 0.231 e. The van der Waals surface area contributed by atoms with E-state index in [2.05, 4.69) is 38.2 Å². The first-order chi connectivity index (χ1) is 8.15. The first kappa shape index (κ1) is 15.1. The molecule has 1 unspecified atom stereocenters. The molecule has 0 fully saturated rings. The van der Waals surface area contributed by atoms with Crippen molar-refractivity contribution in [1.82, 2.24) is 5.32 Å². The molecule has 0 amide bonds. The predicted octanol–water partition coefficient (Wildman–Crippen LogP) is 3.01. The van der Waals surface area contributed by atoms with E-state index in [-0.39, 0.29) is 12.4 Å². The quantitative estimate of drug-likeness (QED) is 0.893. The summed E-state index contributed by atoms with van der Waals surface area (Å²) in [6, 6.07) is 6.67. The molecular weight excluding hydrogens is 250 g/mol. The van der Waals surface area contributed by atoms with Crippen LogP contribution in [0.4, 0.5) is 0 Å². The fourth-order valence-corrected chi connectivity index (χ4v) is 1.93. The Hall–Kier alpha value is -0.930. The minimum Gasteiger partial charge on any atom is -0.454 e. The zero-order valence-electron chi connectivity index (χ0n) is 11.2. The lowest BCUT2D eigenvalue weighted by Crippen LogP contribution is -2.31. The standard InChI is InChI=1S/C14H21NO2.ClH/c1-10(2)8-15-11(3)6-12-4-5-13-14(7-12)17-9-16-13;/h4-5,7,10-11,15H,6,8-9H2,1-3H3;1H. The zero-order chi connectivity index (χ0) is 12.3. The minimum absolute atomic E-state index is 0. The van der Waals surface area contributed by atoms with Gasteiger partial charge in [-0.2, -0.15) is 0 Å². The van der Waals surface area contributed by atoms with Gasteiger partial charge in [0.25, 0.3) is 0 Å². The van der Waals surface area contributed by atoms with E-state index in [4.69, 9.17) is 9.47 Å². The second-order valence-corrected chi connectivity index (χ2v) is 5.09. The average molecular weight is 272 g/mol. The maximum atomic E-state index is 5.38. The lowest BCUT2D eigenvalue weighted by Gasteiger charge is -2.15. The molecule has 1 N–H and O–H groups in total. The monoisotopic (exact) mass is 271 g/mol. The maximum absolute atomic E-state index is 5.38. The number of ether oxygens (including phenoxy) is 2. The SMILES string of the molecule is CC(C)CNC(C)Cc1ccc2c(c1)OCO2.Cl. The van der Waals surface area contributed by atoms with E-state index in [1.54, 1.807) is 0 Å². The van der Waals surface area contributed by atoms with Crippen LogP contribution >= 0.6 is 12.4 Å². The van der Waals surface area contributed by atoms with Crippen molar-refractivity contribution in [3.8, 4) is 11.5 Å². The summed E-state index contributed by atoms with van der Waals surface area (Å²) in [4.78, 5) is 0. The number of rotatable bonds is 5. The van der Waals surface area contributed by atoms with Crippen LogP contribution in [0, 0.1) is 5.92 Å². The van der Waals surface area contributed by atoms with E-state index in [0.29, 0.717) is 18.8 Å². The third kappa shape index (κ3) is 4.07. The predicted molar refractivity (Wildman–Crippen MR) is 75.8 cm³/mol. The molecular formula is C14H22ClNO2. The number of nitrogens with one attached hydrogen (secondary N) is 1. The molecule has 0 aromatic heterocycles. The molecule has 0 aliphatic carbocycles. The van der Waals surface area contributed by atoms with Gasteiger partial charge in [-0.25, -0.2) is 0 Å². The highest BCUT2D eigenvalue weighted by atomic mass is 35.5. The topological polar surface area (TPSA) is 30.5 Å². The molecule has 1 heterocycles. The van der Waals surface area contributed by atoms with Crippen LogP contribution in [0.25, 0.3) is 0 Å². The van der Waals surface area contributed by atoms with Crippen LogP contribution in [0.2, 0.25) is 0 Å². The number of benzene rings is 1. The van der Waals surface area contributed by atoms with E-state index in [1.165, 1.54) is 5.56 Å². The van der Waals surface area contributed by atoms with Gasteiger partial charge in [0.15, 0.2) is 11.5 Å². The van der Waals surface area contributed by atoms with Crippen LogP contribution in [-0.4, -0.2) is 19.4 Å². The van der Waals surface area contributed by atoms with Crippen molar-refractivity contribution < 1.29 is 9.47 Å². The molecule has 0 bridgehead atoms. The number of hydrogen-bond donors (Lipinski definition) is 1. The highest BCUT2D eigenvalue weighted by molar-refractivity contribution is 5.85. The highest BCUT2D eigenvalue weighted by Crippen LogP contribution is 2.32. The Labute approximate surface area is 115 Å². The fourth-order valence-electron chi connectivity index (χ4n) is 1.93. The van der Waals surface area contributed by atoms with Crippen molar-refractivity contribution >= 4 is 12.4 Å². The molecule has 1 atom stereocenters. The van der Waals surface area contributed by atoms with Crippen molar-refractivity contribution in [1.29, 1.82) is 0 Å². The van der Waals surface area contributed by atoms with Crippen LogP contribution in [0.15, 0.2) is 18.2 Å². The molecule has 1 aliphatic rings. The Morgan fingerprint density at radius 3 is 2.61 bits per heavy atom. The summed E-state index contributed by atoms with van der Waals surface area (Å²) in [5.41, 5.74) is 1.29. The Morgan fingerprint density at radius 2 is 1.89 bits per heavy atom. The van der Waals surface area contributed by atoms with Crippen LogP contribution < -0.4 is 14.8 Å². The van der Waals surface area contributed by atoms with Crippen molar-refractivity contribution in [3.05, 3.63) is 23.8 Å². The summed E-state index contributed by atoms with van der Waals surface area (Å²) in [5.74, 6) is 2.42. The molecule has 0 spiro atoms. The van der Waals surface area contributed by atoms with E-state index in [1.807, 2.05) is 6.07 Å². The van der Waals surface area contributed by atoms with Crippen LogP contribution in [-0.2, 0) is 6.42 Å². The van der Waals surface area contributed by atoms with Crippen molar-refractivity contribution in [2.75, 3.05) is 13.3 Å². The van der Waals surface area contributed by atoms with Crippen LogP contribution in [0.1, 0.15) is 26.3 Å². The summed E-state index contributed by atoms with van der Waals surface area (Å²) < 4.78 is 10.7. The first-order valence-electron chi connectivity index (χ1n) is 6.27. The molecule has 1 aromatic rings. The summed E-state index contributed by atoms with van der Waals surface area (Å²) in [5, 5.41) is 3.53. The van der Waals surface area contributed by atoms with Gasteiger partial charge in [-0.3, -0.25) is 0 Å². The number of hydrogen-bond acceptors (Lipinski definition) is 3. The maximum Gasteiger partial charge on any atom is 0.231 e. The summed E-state index contributed by atoms with van der Waals surface area (Å²) in [7, 11) is 0. The molecule has 0 radical (unpaired) electrons. The molecule has 0 saturated carbocycles. The third-order valence-corrected chi connectivity index (χ3v) is 2.85. The Balaban J connectivity index is 0.00000162. The Morgan fingerprint density at radius 1 is 1.17 bits per heavy atom. The molecule has 0 saturated heterocycles. The lowest BCUT2D eigenvalue weighted by atomic mass is 10.1. The van der Waals surface area contributed by atoms with Gasteiger partial charge in [0.05, 0.1) is 0 Å². The summed E-state index contributed by atoms with van der Waals surface area (Å²) >= 11 is 0. The van der Waals surface area contributed by atoms with Crippen molar-refractivity contribution in [2.24, 2.45) is 5.92 Å². The van der Waals surface area contributed by atoms with Gasteiger partial charge < -0.3 is 14.8 Å². The largest absolute Gasteiger partial charge is 0.454 e. The molecule has 3 nitrogen and oxygen atoms in total. The molecule has 102 valence electrons. The van der Waals surface area contributed by atoms with Gasteiger partial charge >= 0.3 is 0 Å². The van der Waals surface area contributed by atoms with E-state index < -0.39 is 0 Å². The third-order valence-electron chi connectivity index (χ3n) is 2.85. The Kier molecular flexibility index (Phi) is 5.76. The lowest BCUT2D eigenvalue weighted by molar-refractivity contribution is 0.174. The van der Waals surface area contributed by atoms with Gasteiger partial charge in [-0.15, -0.1) is 12.4 Å². The second-order valence-electron chi connectivity index (χ2n) is 5.09. The number of halogens is 1. The van der Waals surface area contributed by atoms with E-state index in [9.17, 15) is 0 Å². The Bertz CT molecular complexity index is 382. The molecule has 18 heavy (non-hydrogen) atoms. The van der Waals surface area contributed by atoms with Crippen molar-refractivity contribution in [3.63, 3.8) is 0 Å². The normalized spacial score (nSPS) is 14.4. The van der Waals surface area contributed by atoms with Crippen LogP contribution in [0.3, 0.4) is 0 Å². The second kappa shape index (κ2) is 6.86. The zero-order valence-corrected chi connectivity index (χ0v) is 12.0. The molecule has 2 rings (SSSR count). The average Bonchev–Trinajstić information content (AvgIpc) is 2.73. The van der Waals surface area contributed by atoms with Gasteiger partial charge in [-0.05, 0) is 43.5 Å². The fraction of sp³-hybridized carbons (Fsp3) is 0.571. The van der Waals surface area contributed by atoms with E-state index in [0.717, 1.165) is 24.5 Å². The van der Waals surface area contributed by atoms with Gasteiger partial charge in [0, 0.05) is 6.04 Å². The van der Waals surface area contributed by atoms with Gasteiger partial charge in [0.2, 0.25) is 6.79 Å². The van der Waals surface area contributed by atoms with E-state index >= 15 is 0 Å². The summed E-state index contributed by atoms with van der Waals surface area (Å²) in [6.07, 6.45) is 1.02. The van der Waals surface area contributed by atoms with Gasteiger partial charge in [0.1, 0.15) is 0 Å². The van der Waals surface area contributed by atoms with Crippen molar-refractivity contribution in [2.45, 2.75) is 33.2 Å². The molecule has 1 aromatic carbocycles. The first-order valence-corrected chi connectivity index (χ1v) is 6.27. The van der Waals surface area contributed by atoms with Gasteiger partial charge in [-0.1, -0.05) is 19.9 Å². The number of fused-ring (bicyclic) bond motifs is 1.